The van der Waals surface area contributed by atoms with Crippen molar-refractivity contribution in [3.05, 3.63) is 29.6 Å². The summed E-state index contributed by atoms with van der Waals surface area (Å²) in [5.41, 5.74) is 1.11. The number of aryl methyl sites for hydroxylation is 1. The predicted octanol–water partition coefficient (Wildman–Crippen LogP) is 4.11. The van der Waals surface area contributed by atoms with E-state index in [0.29, 0.717) is 18.3 Å². The Labute approximate surface area is 109 Å². The molecule has 96 valence electrons. The zero-order valence-corrected chi connectivity index (χ0v) is 11.9. The molecule has 0 N–H and O–H groups in total. The van der Waals surface area contributed by atoms with Gasteiger partial charge in [0.25, 0.3) is 0 Å². The minimum absolute atomic E-state index is 0.113. The Hall–Kier alpha value is -0.700. The molecule has 0 fully saturated rings. The van der Waals surface area contributed by atoms with Gasteiger partial charge in [-0.15, -0.1) is 0 Å². The minimum atomic E-state index is -0.303. The second-order valence-corrected chi connectivity index (χ2v) is 5.86. The molecule has 1 aromatic carbocycles. The molecular formula is C14H21FOS. The third kappa shape index (κ3) is 4.23. The van der Waals surface area contributed by atoms with E-state index in [1.807, 2.05) is 6.92 Å². The molecule has 3 heteroatoms. The lowest BCUT2D eigenvalue weighted by atomic mass is 9.82. The molecule has 1 unspecified atom stereocenters. The van der Waals surface area contributed by atoms with E-state index < -0.39 is 0 Å². The second-order valence-electron chi connectivity index (χ2n) is 5.49. The summed E-state index contributed by atoms with van der Waals surface area (Å²) in [5.74, 6) is 1.06. The SMILES string of the molecule is Cc1ccc(F)c(OCC(CS)C(C)(C)C)c1. The van der Waals surface area contributed by atoms with Gasteiger partial charge in [0, 0.05) is 5.92 Å². The molecule has 1 atom stereocenters. The summed E-state index contributed by atoms with van der Waals surface area (Å²) in [6, 6.07) is 4.91. The number of hydrogen-bond donors (Lipinski definition) is 1. The van der Waals surface area contributed by atoms with Gasteiger partial charge in [-0.05, 0) is 35.8 Å². The third-order valence-electron chi connectivity index (χ3n) is 2.97. The summed E-state index contributed by atoms with van der Waals surface area (Å²) in [5, 5.41) is 0. The Bertz CT molecular complexity index is 371. The van der Waals surface area contributed by atoms with Crippen molar-refractivity contribution in [1.29, 1.82) is 0 Å². The van der Waals surface area contributed by atoms with Crippen LogP contribution in [0.3, 0.4) is 0 Å². The first-order valence-electron chi connectivity index (χ1n) is 5.84. The first kappa shape index (κ1) is 14.4. The van der Waals surface area contributed by atoms with E-state index in [0.717, 1.165) is 11.3 Å². The molecule has 1 rings (SSSR count). The molecule has 0 radical (unpaired) electrons. The van der Waals surface area contributed by atoms with Crippen molar-refractivity contribution >= 4 is 12.6 Å². The van der Waals surface area contributed by atoms with Gasteiger partial charge >= 0.3 is 0 Å². The van der Waals surface area contributed by atoms with Gasteiger partial charge in [0.05, 0.1) is 6.61 Å². The van der Waals surface area contributed by atoms with E-state index in [1.165, 1.54) is 6.07 Å². The molecule has 0 spiro atoms. The van der Waals surface area contributed by atoms with Crippen molar-refractivity contribution in [2.45, 2.75) is 27.7 Å². The molecule has 0 aliphatic carbocycles. The Balaban J connectivity index is 2.69. The quantitative estimate of drug-likeness (QED) is 0.798. The van der Waals surface area contributed by atoms with Gasteiger partial charge in [0.15, 0.2) is 11.6 Å². The van der Waals surface area contributed by atoms with Crippen LogP contribution in [0.15, 0.2) is 18.2 Å². The molecule has 0 aromatic heterocycles. The number of thiol groups is 1. The highest BCUT2D eigenvalue weighted by molar-refractivity contribution is 7.80. The average Bonchev–Trinajstić information content (AvgIpc) is 2.22. The fraction of sp³-hybridized carbons (Fsp3) is 0.571. The molecule has 0 amide bonds. The van der Waals surface area contributed by atoms with Gasteiger partial charge in [0.1, 0.15) is 0 Å². The van der Waals surface area contributed by atoms with Crippen LogP contribution in [-0.2, 0) is 0 Å². The normalized spacial score (nSPS) is 13.5. The molecule has 17 heavy (non-hydrogen) atoms. The Morgan fingerprint density at radius 3 is 2.53 bits per heavy atom. The lowest BCUT2D eigenvalue weighted by molar-refractivity contribution is 0.161. The van der Waals surface area contributed by atoms with Crippen LogP contribution in [0.5, 0.6) is 5.75 Å². The predicted molar refractivity (Wildman–Crippen MR) is 73.4 cm³/mol. The number of rotatable bonds is 4. The Kier molecular flexibility index (Phi) is 4.87. The van der Waals surface area contributed by atoms with E-state index in [4.69, 9.17) is 4.74 Å². The van der Waals surface area contributed by atoms with E-state index >= 15 is 0 Å². The van der Waals surface area contributed by atoms with Crippen molar-refractivity contribution in [1.82, 2.24) is 0 Å². The molecule has 0 aliphatic rings. The zero-order valence-electron chi connectivity index (χ0n) is 11.0. The van der Waals surface area contributed by atoms with Gasteiger partial charge in [-0.2, -0.15) is 12.6 Å². The number of ether oxygens (including phenoxy) is 1. The van der Waals surface area contributed by atoms with E-state index in [-0.39, 0.29) is 11.2 Å². The largest absolute Gasteiger partial charge is 0.490 e. The first-order chi connectivity index (χ1) is 7.84. The third-order valence-corrected chi connectivity index (χ3v) is 3.41. The average molecular weight is 256 g/mol. The molecule has 1 aromatic rings. The monoisotopic (exact) mass is 256 g/mol. The van der Waals surface area contributed by atoms with Gasteiger partial charge in [0.2, 0.25) is 0 Å². The van der Waals surface area contributed by atoms with Crippen molar-refractivity contribution in [2.75, 3.05) is 12.4 Å². The summed E-state index contributed by atoms with van der Waals surface area (Å²) in [4.78, 5) is 0. The molecule has 0 saturated heterocycles. The summed E-state index contributed by atoms with van der Waals surface area (Å²) in [6.45, 7) is 8.84. The maximum Gasteiger partial charge on any atom is 0.165 e. The highest BCUT2D eigenvalue weighted by Crippen LogP contribution is 2.28. The molecule has 0 heterocycles. The Morgan fingerprint density at radius 1 is 1.35 bits per heavy atom. The van der Waals surface area contributed by atoms with Crippen LogP contribution >= 0.6 is 12.6 Å². The van der Waals surface area contributed by atoms with Crippen LogP contribution in [0, 0.1) is 24.1 Å². The lowest BCUT2D eigenvalue weighted by Crippen LogP contribution is -2.28. The van der Waals surface area contributed by atoms with Crippen molar-refractivity contribution in [2.24, 2.45) is 11.3 Å². The summed E-state index contributed by atoms with van der Waals surface area (Å²) in [7, 11) is 0. The molecule has 0 saturated carbocycles. The van der Waals surface area contributed by atoms with Crippen molar-refractivity contribution in [3.8, 4) is 5.75 Å². The number of hydrogen-bond acceptors (Lipinski definition) is 2. The fourth-order valence-electron chi connectivity index (χ4n) is 1.49. The lowest BCUT2D eigenvalue weighted by Gasteiger charge is -2.29. The Morgan fingerprint density at radius 2 is 2.00 bits per heavy atom. The van der Waals surface area contributed by atoms with Crippen molar-refractivity contribution in [3.63, 3.8) is 0 Å². The maximum atomic E-state index is 13.5. The highest BCUT2D eigenvalue weighted by Gasteiger charge is 2.24. The van der Waals surface area contributed by atoms with Crippen LogP contribution in [0.1, 0.15) is 26.3 Å². The van der Waals surface area contributed by atoms with Gasteiger partial charge in [-0.1, -0.05) is 26.8 Å². The van der Waals surface area contributed by atoms with Crippen LogP contribution in [0.25, 0.3) is 0 Å². The maximum absolute atomic E-state index is 13.5. The van der Waals surface area contributed by atoms with Crippen molar-refractivity contribution < 1.29 is 9.13 Å². The second kappa shape index (κ2) is 5.76. The zero-order chi connectivity index (χ0) is 13.1. The van der Waals surface area contributed by atoms with Crippen LogP contribution < -0.4 is 4.74 Å². The van der Waals surface area contributed by atoms with Gasteiger partial charge < -0.3 is 4.74 Å². The van der Waals surface area contributed by atoms with Gasteiger partial charge in [-0.3, -0.25) is 0 Å². The summed E-state index contributed by atoms with van der Waals surface area (Å²) < 4.78 is 19.0. The van der Waals surface area contributed by atoms with E-state index in [1.54, 1.807) is 12.1 Å². The number of benzene rings is 1. The smallest absolute Gasteiger partial charge is 0.165 e. The van der Waals surface area contributed by atoms with Crippen LogP contribution in [0.4, 0.5) is 4.39 Å². The highest BCUT2D eigenvalue weighted by atomic mass is 32.1. The molecule has 0 aliphatic heterocycles. The first-order valence-corrected chi connectivity index (χ1v) is 6.47. The molecule has 0 bridgehead atoms. The van der Waals surface area contributed by atoms with E-state index in [9.17, 15) is 4.39 Å². The summed E-state index contributed by atoms with van der Waals surface area (Å²) >= 11 is 4.33. The van der Waals surface area contributed by atoms with Gasteiger partial charge in [-0.25, -0.2) is 4.39 Å². The van der Waals surface area contributed by atoms with Crippen LogP contribution in [-0.4, -0.2) is 12.4 Å². The number of halogens is 1. The van der Waals surface area contributed by atoms with E-state index in [2.05, 4.69) is 33.4 Å². The minimum Gasteiger partial charge on any atom is -0.490 e. The standard InChI is InChI=1S/C14H21FOS/c1-10-5-6-12(15)13(7-10)16-8-11(9-17)14(2,3)4/h5-7,11,17H,8-9H2,1-4H3. The summed E-state index contributed by atoms with van der Waals surface area (Å²) in [6.07, 6.45) is 0. The molecule has 1 nitrogen and oxygen atoms in total. The van der Waals surface area contributed by atoms with Crippen LogP contribution in [0.2, 0.25) is 0 Å². The molecular weight excluding hydrogens is 235 g/mol. The fourth-order valence-corrected chi connectivity index (χ4v) is 2.14. The topological polar surface area (TPSA) is 9.23 Å².